The van der Waals surface area contributed by atoms with Gasteiger partial charge in [0, 0.05) is 34.3 Å². The Morgan fingerprint density at radius 1 is 1.16 bits per heavy atom. The van der Waals surface area contributed by atoms with Crippen LogP contribution in [0.25, 0.3) is 33.4 Å². The second-order valence-electron chi connectivity index (χ2n) is 6.71. The summed E-state index contributed by atoms with van der Waals surface area (Å²) in [4.78, 5) is 25.7. The Bertz CT molecular complexity index is 1390. The molecule has 0 aromatic heterocycles. The number of phenols is 1. The van der Waals surface area contributed by atoms with Crippen LogP contribution in [-0.4, -0.2) is 26.7 Å². The molecule has 0 unspecified atom stereocenters. The first-order valence-electron chi connectivity index (χ1n) is 9.58. The third kappa shape index (κ3) is 5.05. The number of aromatic carboxylic acids is 1. The van der Waals surface area contributed by atoms with E-state index in [4.69, 9.17) is 17.2 Å². The molecule has 0 atom stereocenters. The van der Waals surface area contributed by atoms with Crippen LogP contribution in [0.15, 0.2) is 63.8 Å². The maximum atomic E-state index is 12.0. The van der Waals surface area contributed by atoms with E-state index in [0.717, 1.165) is 0 Å². The first-order chi connectivity index (χ1) is 15.6. The zero-order valence-electron chi connectivity index (χ0n) is 18.0. The zero-order valence-corrected chi connectivity index (χ0v) is 20.0. The van der Waals surface area contributed by atoms with Gasteiger partial charge >= 0.3 is 35.9 Å². The summed E-state index contributed by atoms with van der Waals surface area (Å²) in [6.45, 7) is 1.70. The van der Waals surface area contributed by atoms with Gasteiger partial charge in [-0.3, -0.25) is 4.79 Å². The van der Waals surface area contributed by atoms with Gasteiger partial charge in [0.05, 0.1) is 10.6 Å². The molecular weight excluding hydrogens is 548 g/mol. The molecule has 0 radical (unpaired) electrons. The Morgan fingerprint density at radius 2 is 1.84 bits per heavy atom. The van der Waals surface area contributed by atoms with E-state index in [1.165, 1.54) is 35.3 Å². The molecule has 0 bridgehead atoms. The van der Waals surface area contributed by atoms with Crippen molar-refractivity contribution in [3.63, 3.8) is 0 Å². The number of anilines is 1. The van der Waals surface area contributed by atoms with E-state index >= 15 is 0 Å². The van der Waals surface area contributed by atoms with Crippen molar-refractivity contribution in [3.05, 3.63) is 70.4 Å². The number of halogens is 2. The van der Waals surface area contributed by atoms with E-state index in [2.05, 4.69) is 5.32 Å². The van der Waals surface area contributed by atoms with Crippen LogP contribution in [0.2, 0.25) is 0 Å². The van der Waals surface area contributed by atoms with Gasteiger partial charge in [-0.25, -0.2) is 4.79 Å². The van der Waals surface area contributed by atoms with Gasteiger partial charge < -0.3 is 19.9 Å². The van der Waals surface area contributed by atoms with Gasteiger partial charge in [0.2, 0.25) is 0 Å². The zero-order chi connectivity index (χ0) is 24.3. The second kappa shape index (κ2) is 10.0. The van der Waals surface area contributed by atoms with Gasteiger partial charge in [0.25, 0.3) is 0 Å². The van der Waals surface area contributed by atoms with E-state index in [1.807, 2.05) is 0 Å². The molecule has 0 saturated heterocycles. The van der Waals surface area contributed by atoms with Crippen molar-refractivity contribution in [1.82, 2.24) is 0 Å². The van der Waals surface area contributed by atoms with Crippen molar-refractivity contribution >= 4 is 61.4 Å². The molecule has 3 N–H and O–H groups in total. The monoisotopic (exact) mass is 569 g/mol. The molecule has 2 aliphatic rings. The standard InChI is InChI=1S/C22H15NO5S.CH4FI/c1-11(29)23-12-2-5-15(18(8-12)22(26)27)21-16-6-3-13(24)9-19(16)28-20-10-14(25)4-7-17(20)21;1-3-2/h2-10,24H,1H3,(H,23,29)(H,26,27);3H,1H3/i;3T. The molecule has 2 aromatic carbocycles. The Morgan fingerprint density at radius 3 is 2.50 bits per heavy atom. The fourth-order valence-corrected chi connectivity index (χ4v) is 3.49. The van der Waals surface area contributed by atoms with Crippen LogP contribution < -0.4 is 10.7 Å². The number of thiocarbonyl (C=S) groups is 1. The number of carboxylic acids is 1. The molecule has 166 valence electrons. The normalized spacial score (nSPS) is 11.3. The van der Waals surface area contributed by atoms with E-state index in [0.29, 0.717) is 44.1 Å². The topological polar surface area (TPSA) is 99.8 Å². The Labute approximate surface area is 199 Å². The molecule has 1 aliphatic carbocycles. The number of hydrogen-bond donors (Lipinski definition) is 3. The summed E-state index contributed by atoms with van der Waals surface area (Å²) in [5, 5.41) is 23.2. The van der Waals surface area contributed by atoms with Crippen molar-refractivity contribution in [2.75, 3.05) is 10.2 Å². The number of aromatic hydroxyl groups is 1. The number of hydrogen-bond acceptors (Lipinski definition) is 5. The van der Waals surface area contributed by atoms with Crippen molar-refractivity contribution in [2.45, 2.75) is 6.92 Å². The van der Waals surface area contributed by atoms with E-state index in [9.17, 15) is 22.7 Å². The molecular formula is C23H19FINO5S. The number of phenolic OH excluding ortho intramolecular Hbond substituents is 1. The molecule has 0 fully saturated rings. The van der Waals surface area contributed by atoms with Crippen LogP contribution >= 0.6 is 33.8 Å². The van der Waals surface area contributed by atoms with Crippen molar-refractivity contribution in [3.8, 4) is 28.2 Å². The first-order valence-corrected chi connectivity index (χ1v) is 12.6. The summed E-state index contributed by atoms with van der Waals surface area (Å²) < 4.78 is 22.7. The Kier molecular flexibility index (Phi) is 6.96. The fraction of sp³-hybridized carbons (Fsp3) is 0.0870. The average molecular weight is 569 g/mol. The minimum absolute atomic E-state index is 0.000655. The molecule has 0 spiro atoms. The van der Waals surface area contributed by atoms with Gasteiger partial charge in [-0.1, -0.05) is 18.3 Å². The number of carbonyl (C=O) groups is 1. The van der Waals surface area contributed by atoms with Crippen LogP contribution in [0.4, 0.5) is 8.55 Å². The van der Waals surface area contributed by atoms with Gasteiger partial charge in [0.1, 0.15) is 17.1 Å². The molecule has 6 nitrogen and oxygen atoms in total. The van der Waals surface area contributed by atoms with E-state index < -0.39 is 27.5 Å². The third-order valence-corrected chi connectivity index (χ3v) is 4.62. The predicted molar refractivity (Wildman–Crippen MR) is 138 cm³/mol. The fourth-order valence-electron chi connectivity index (χ4n) is 3.37. The number of fused-ring (bicyclic) bond motifs is 2. The van der Waals surface area contributed by atoms with Crippen LogP contribution in [0.5, 0.6) is 5.75 Å². The molecule has 2 aromatic rings. The first kappa shape index (κ1) is 22.2. The van der Waals surface area contributed by atoms with Gasteiger partial charge in [-0.2, -0.15) is 0 Å². The Balaban J connectivity index is 0.000000709. The van der Waals surface area contributed by atoms with Crippen molar-refractivity contribution < 1.29 is 22.3 Å². The number of benzene rings is 3. The second-order valence-corrected chi connectivity index (χ2v) is 8.13. The van der Waals surface area contributed by atoms with E-state index in [1.54, 1.807) is 31.2 Å². The quantitative estimate of drug-likeness (QED) is 0.122. The maximum absolute atomic E-state index is 12.0. The summed E-state index contributed by atoms with van der Waals surface area (Å²) >= 11 is 2.53. The molecule has 32 heavy (non-hydrogen) atoms. The number of rotatable bonds is 3. The van der Waals surface area contributed by atoms with Crippen molar-refractivity contribution in [2.24, 2.45) is 0 Å². The summed E-state index contributed by atoms with van der Waals surface area (Å²) in [6, 6.07) is 13.9. The SMILES string of the molecule is CC(=S)Nc1ccc(-c2c3ccc(=O)cc-3oc3cc(O)ccc23)c(C(=O)O)c1.[3H]I(C)F. The van der Waals surface area contributed by atoms with E-state index in [-0.39, 0.29) is 16.7 Å². The number of nitrogens with one attached hydrogen (secondary N) is 1. The van der Waals surface area contributed by atoms with Crippen LogP contribution in [-0.2, 0) is 0 Å². The number of carboxylic acid groups (broad SMARTS) is 1. The molecule has 1 heterocycles. The van der Waals surface area contributed by atoms with Crippen molar-refractivity contribution in [1.29, 1.82) is 0.594 Å². The summed E-state index contributed by atoms with van der Waals surface area (Å²) in [7, 11) is 0. The molecule has 1 aliphatic heterocycles. The summed E-state index contributed by atoms with van der Waals surface area (Å²) in [6.07, 6.45) is 0. The summed E-state index contributed by atoms with van der Waals surface area (Å²) in [5.74, 6) is -0.801. The molecule has 4 rings (SSSR count). The predicted octanol–water partition coefficient (Wildman–Crippen LogP) is 5.93. The average Bonchev–Trinajstić information content (AvgIpc) is 2.71. The molecule has 0 amide bonds. The number of alkyl halides is 1. The van der Waals surface area contributed by atoms with Gasteiger partial charge in [-0.15, -0.1) is 0 Å². The summed E-state index contributed by atoms with van der Waals surface area (Å²) in [5.41, 5.74) is 2.39. The third-order valence-electron chi connectivity index (χ3n) is 4.52. The van der Waals surface area contributed by atoms with Crippen LogP contribution in [0, 0.1) is 0 Å². The van der Waals surface area contributed by atoms with Gasteiger partial charge in [-0.05, 0) is 48.9 Å². The minimum atomic E-state index is -2.51. The van der Waals surface area contributed by atoms with Crippen LogP contribution in [0.1, 0.15) is 17.3 Å². The Hall–Kier alpha value is -3.05. The van der Waals surface area contributed by atoms with Crippen LogP contribution in [0.3, 0.4) is 0 Å². The molecule has 0 saturated carbocycles. The van der Waals surface area contributed by atoms with Gasteiger partial charge in [0.15, 0.2) is 5.43 Å². The molecule has 9 heteroatoms.